The van der Waals surface area contributed by atoms with Crippen LogP contribution in [0.3, 0.4) is 0 Å². The number of para-hydroxylation sites is 1. The number of benzene rings is 1. The van der Waals surface area contributed by atoms with Crippen LogP contribution in [0.25, 0.3) is 10.9 Å². The molecule has 48 heavy (non-hydrogen) atoms. The summed E-state index contributed by atoms with van der Waals surface area (Å²) in [5.41, 5.74) is 0.690. The number of hydrogen-bond donors (Lipinski definition) is 4. The van der Waals surface area contributed by atoms with Gasteiger partial charge < -0.3 is 30.7 Å². The fourth-order valence-electron chi connectivity index (χ4n) is 6.31. The summed E-state index contributed by atoms with van der Waals surface area (Å²) < 4.78 is 6.25. The van der Waals surface area contributed by atoms with Crippen molar-refractivity contribution in [2.45, 2.75) is 122 Å². The van der Waals surface area contributed by atoms with Crippen molar-refractivity contribution in [1.29, 1.82) is 0 Å². The molecule has 14 heteroatoms. The minimum Gasteiger partial charge on any atom is -0.480 e. The normalized spacial score (nSPS) is 18.4. The molecule has 1 aromatic carbocycles. The molecule has 0 spiro atoms. The summed E-state index contributed by atoms with van der Waals surface area (Å²) in [7, 11) is 13.3. The number of urea groups is 1. The van der Waals surface area contributed by atoms with Crippen LogP contribution in [0.1, 0.15) is 78.2 Å². The Morgan fingerprint density at radius 2 is 1.56 bits per heavy atom. The Morgan fingerprint density at radius 3 is 2.12 bits per heavy atom. The van der Waals surface area contributed by atoms with Crippen molar-refractivity contribution in [2.24, 2.45) is 5.41 Å². The van der Waals surface area contributed by atoms with E-state index in [0.717, 1.165) is 25.7 Å². The second-order valence-corrected chi connectivity index (χ2v) is 13.7. The van der Waals surface area contributed by atoms with Crippen LogP contribution in [0, 0.1) is 5.41 Å². The van der Waals surface area contributed by atoms with E-state index >= 15 is 0 Å². The molecule has 1 aromatic heterocycles. The van der Waals surface area contributed by atoms with Gasteiger partial charge >= 0.3 is 18.1 Å². The van der Waals surface area contributed by atoms with Gasteiger partial charge in [-0.1, -0.05) is 71.4 Å². The lowest BCUT2D eigenvalue weighted by atomic mass is 9.82. The van der Waals surface area contributed by atoms with E-state index in [1.165, 1.54) is 11.7 Å². The van der Waals surface area contributed by atoms with E-state index in [0.29, 0.717) is 22.9 Å². The van der Waals surface area contributed by atoms with E-state index < -0.39 is 53.4 Å². The third-order valence-corrected chi connectivity index (χ3v) is 8.75. The van der Waals surface area contributed by atoms with Crippen LogP contribution in [0.5, 0.6) is 0 Å². The zero-order valence-electron chi connectivity index (χ0n) is 28.8. The molecule has 1 saturated heterocycles. The summed E-state index contributed by atoms with van der Waals surface area (Å²) >= 11 is 0. The number of ether oxygens (including phenoxy) is 1. The Kier molecular flexibility index (Phi) is 14.0. The molecule has 12 nitrogen and oxygen atoms in total. The fourth-order valence-corrected chi connectivity index (χ4v) is 6.31. The van der Waals surface area contributed by atoms with Gasteiger partial charge in [-0.2, -0.15) is 0 Å². The average molecular weight is 661 g/mol. The van der Waals surface area contributed by atoms with Crippen molar-refractivity contribution >= 4 is 56.5 Å². The lowest BCUT2D eigenvalue weighted by molar-refractivity contribution is -0.142. The van der Waals surface area contributed by atoms with E-state index in [2.05, 4.69) is 16.0 Å². The average Bonchev–Trinajstić information content (AvgIpc) is 3.42. The second kappa shape index (κ2) is 17.4. The first-order valence-corrected chi connectivity index (χ1v) is 16.7. The van der Waals surface area contributed by atoms with Crippen LogP contribution in [0.4, 0.5) is 9.59 Å². The van der Waals surface area contributed by atoms with Gasteiger partial charge in [0.15, 0.2) is 0 Å². The Morgan fingerprint density at radius 1 is 0.958 bits per heavy atom. The second-order valence-electron chi connectivity index (χ2n) is 13.7. The number of aliphatic carboxylic acids is 1. The van der Waals surface area contributed by atoms with Crippen molar-refractivity contribution < 1.29 is 33.8 Å². The fraction of sp³-hybridized carbons (Fsp3) is 0.618. The maximum Gasteiger partial charge on any atom is 0.418 e. The summed E-state index contributed by atoms with van der Waals surface area (Å²) in [6, 6.07) is 2.68. The molecule has 258 valence electrons. The predicted octanol–water partition coefficient (Wildman–Crippen LogP) is 3.95. The number of amides is 4. The monoisotopic (exact) mass is 661 g/mol. The predicted molar refractivity (Wildman–Crippen MR) is 185 cm³/mol. The standard InChI is InChI=1S/C34H49B2N5O7/c1-6-7-14-25(31(44)45)37-29(42)26(16-21-20-40(33(47)48-5)28-15-9-8-13-24(21)28)38-30(43)27(17-34(2,3)4)39-32(46)41-22(18-35)11-10-12-23(41)19-36/h8-9,13,15,20,22-23,25-27H,6-7,10-12,14,16-19H2,1-5H3,(H,37,42)(H,38,43)(H,39,46)(H,44,45)/t22-,23+,25-,26-,27+/m1/s1. The van der Waals surface area contributed by atoms with Crippen molar-refractivity contribution in [2.75, 3.05) is 7.11 Å². The van der Waals surface area contributed by atoms with Gasteiger partial charge in [0.1, 0.15) is 18.1 Å². The molecule has 1 aliphatic heterocycles. The third-order valence-electron chi connectivity index (χ3n) is 8.75. The number of fused-ring (bicyclic) bond motifs is 1. The number of carbonyl (C=O) groups is 5. The number of unbranched alkanes of at least 4 members (excludes halogenated alkanes) is 1. The number of aromatic nitrogens is 1. The first kappa shape index (κ1) is 38.5. The molecule has 0 saturated carbocycles. The topological polar surface area (TPSA) is 159 Å². The van der Waals surface area contributed by atoms with E-state index in [1.54, 1.807) is 35.4 Å². The van der Waals surface area contributed by atoms with Crippen LogP contribution in [-0.2, 0) is 25.5 Å². The van der Waals surface area contributed by atoms with Crippen LogP contribution in [0.15, 0.2) is 30.5 Å². The molecule has 4 amide bonds. The lowest BCUT2D eigenvalue weighted by Crippen LogP contribution is -2.60. The molecule has 1 aliphatic rings. The maximum atomic E-state index is 14.1. The van der Waals surface area contributed by atoms with Crippen LogP contribution >= 0.6 is 0 Å². The molecular weight excluding hydrogens is 612 g/mol. The number of methoxy groups -OCH3 is 1. The molecule has 5 atom stereocenters. The Labute approximate surface area is 285 Å². The number of carboxylic acids is 1. The van der Waals surface area contributed by atoms with Crippen LogP contribution in [-0.4, -0.2) is 97.5 Å². The molecular formula is C34H49B2N5O7. The molecule has 1 fully saturated rings. The van der Waals surface area contributed by atoms with Crippen molar-refractivity contribution in [1.82, 2.24) is 25.4 Å². The van der Waals surface area contributed by atoms with E-state index in [4.69, 9.17) is 20.4 Å². The number of carbonyl (C=O) groups excluding carboxylic acids is 4. The number of nitrogens with one attached hydrogen (secondary N) is 3. The first-order valence-electron chi connectivity index (χ1n) is 16.7. The first-order chi connectivity index (χ1) is 22.7. The third kappa shape index (κ3) is 10.0. The van der Waals surface area contributed by atoms with Gasteiger partial charge in [-0.05, 0) is 49.1 Å². The highest BCUT2D eigenvalue weighted by Crippen LogP contribution is 2.28. The molecule has 2 heterocycles. The number of likely N-dealkylation sites (tertiary alicyclic amines) is 1. The molecule has 4 N–H and O–H groups in total. The highest BCUT2D eigenvalue weighted by molar-refractivity contribution is 6.10. The SMILES string of the molecule is [B]C[C@@H]1CCC[C@H](C[B])N1C(=O)N[C@@H](CC(C)(C)C)C(=O)N[C@H](Cc1cn(C(=O)OC)c2ccccc12)C(=O)N[C@H](CCCC)C(=O)O. The Hall–Kier alpha value is -3.96. The van der Waals surface area contributed by atoms with E-state index in [-0.39, 0.29) is 44.0 Å². The van der Waals surface area contributed by atoms with Gasteiger partial charge in [0, 0.05) is 30.1 Å². The maximum absolute atomic E-state index is 14.1. The summed E-state index contributed by atoms with van der Waals surface area (Å²) in [5.74, 6) is -2.50. The van der Waals surface area contributed by atoms with Gasteiger partial charge in [-0.25, -0.2) is 14.4 Å². The summed E-state index contributed by atoms with van der Waals surface area (Å²) in [6.45, 7) is 7.72. The van der Waals surface area contributed by atoms with Crippen LogP contribution in [0.2, 0.25) is 12.6 Å². The highest BCUT2D eigenvalue weighted by atomic mass is 16.5. The molecule has 0 unspecified atom stereocenters. The van der Waals surface area contributed by atoms with Crippen LogP contribution < -0.4 is 16.0 Å². The minimum absolute atomic E-state index is 0.0744. The zero-order valence-corrected chi connectivity index (χ0v) is 28.8. The van der Waals surface area contributed by atoms with Crippen molar-refractivity contribution in [3.8, 4) is 0 Å². The van der Waals surface area contributed by atoms with Crippen molar-refractivity contribution in [3.63, 3.8) is 0 Å². The van der Waals surface area contributed by atoms with E-state index in [9.17, 15) is 29.1 Å². The molecule has 0 aliphatic carbocycles. The number of hydrogen-bond acceptors (Lipinski definition) is 6. The van der Waals surface area contributed by atoms with E-state index in [1.807, 2.05) is 27.7 Å². The molecule has 3 rings (SSSR count). The van der Waals surface area contributed by atoms with Gasteiger partial charge in [0.05, 0.1) is 28.3 Å². The van der Waals surface area contributed by atoms with Gasteiger partial charge in [0.25, 0.3) is 0 Å². The summed E-state index contributed by atoms with van der Waals surface area (Å²) in [5, 5.41) is 18.8. The van der Waals surface area contributed by atoms with Gasteiger partial charge in [0.2, 0.25) is 11.8 Å². The molecule has 2 aromatic rings. The van der Waals surface area contributed by atoms with Crippen molar-refractivity contribution in [3.05, 3.63) is 36.0 Å². The largest absolute Gasteiger partial charge is 0.480 e. The quantitative estimate of drug-likeness (QED) is 0.223. The summed E-state index contributed by atoms with van der Waals surface area (Å²) in [4.78, 5) is 67.9. The molecule has 0 bridgehead atoms. The Bertz CT molecular complexity index is 1430. The minimum atomic E-state index is -1.25. The zero-order chi connectivity index (χ0) is 35.6. The number of rotatable bonds is 14. The Balaban J connectivity index is 1.98. The summed E-state index contributed by atoms with van der Waals surface area (Å²) in [6.07, 6.45) is 5.43. The molecule has 4 radical (unpaired) electrons. The highest BCUT2D eigenvalue weighted by Gasteiger charge is 2.37. The number of nitrogens with zero attached hydrogens (tertiary/aromatic N) is 2. The number of piperidine rings is 1. The van der Waals surface area contributed by atoms with Gasteiger partial charge in [-0.3, -0.25) is 14.2 Å². The van der Waals surface area contributed by atoms with Gasteiger partial charge in [-0.15, -0.1) is 0 Å². The number of carboxylic acid groups (broad SMARTS) is 1. The lowest BCUT2D eigenvalue weighted by Gasteiger charge is -2.43. The smallest absolute Gasteiger partial charge is 0.418 e.